The maximum Gasteiger partial charge on any atom is 0.422 e. The molecule has 1 unspecified atom stereocenters. The van der Waals surface area contributed by atoms with Crippen molar-refractivity contribution in [3.05, 3.63) is 23.9 Å². The topological polar surface area (TPSA) is 63.2 Å². The molecule has 1 atom stereocenters. The first-order chi connectivity index (χ1) is 10.4. The summed E-state index contributed by atoms with van der Waals surface area (Å²) in [7, 11) is 0. The Kier molecular flexibility index (Phi) is 5.23. The van der Waals surface area contributed by atoms with Crippen molar-refractivity contribution in [1.82, 2.24) is 15.6 Å². The number of hydrogen-bond donors (Lipinski definition) is 2. The minimum Gasteiger partial charge on any atom is -0.468 e. The second kappa shape index (κ2) is 6.95. The molecule has 1 aromatic rings. The first kappa shape index (κ1) is 16.5. The van der Waals surface area contributed by atoms with Gasteiger partial charge in [-0.2, -0.15) is 13.2 Å². The number of halogens is 3. The van der Waals surface area contributed by atoms with Crippen LogP contribution in [0.15, 0.2) is 18.3 Å². The first-order valence-corrected chi connectivity index (χ1v) is 6.98. The van der Waals surface area contributed by atoms with Crippen LogP contribution in [0.25, 0.3) is 0 Å². The van der Waals surface area contributed by atoms with Crippen molar-refractivity contribution in [1.29, 1.82) is 0 Å². The van der Waals surface area contributed by atoms with Crippen molar-refractivity contribution in [3.8, 4) is 5.88 Å². The molecule has 5 nitrogen and oxygen atoms in total. The molecule has 1 saturated heterocycles. The van der Waals surface area contributed by atoms with Gasteiger partial charge in [0.2, 0.25) is 11.8 Å². The molecule has 2 heterocycles. The van der Waals surface area contributed by atoms with Crippen molar-refractivity contribution in [3.63, 3.8) is 0 Å². The van der Waals surface area contributed by atoms with Gasteiger partial charge < -0.3 is 15.4 Å². The highest BCUT2D eigenvalue weighted by atomic mass is 19.4. The van der Waals surface area contributed by atoms with Crippen molar-refractivity contribution in [2.45, 2.75) is 19.6 Å². The van der Waals surface area contributed by atoms with E-state index in [0.29, 0.717) is 11.5 Å². The summed E-state index contributed by atoms with van der Waals surface area (Å²) in [5, 5.41) is 5.81. The Bertz CT molecular complexity index is 518. The number of pyridine rings is 1. The quantitative estimate of drug-likeness (QED) is 0.834. The van der Waals surface area contributed by atoms with E-state index in [2.05, 4.69) is 20.4 Å². The Labute approximate surface area is 126 Å². The molecule has 1 amide bonds. The molecule has 0 spiro atoms. The van der Waals surface area contributed by atoms with Gasteiger partial charge in [-0.15, -0.1) is 0 Å². The van der Waals surface area contributed by atoms with E-state index in [4.69, 9.17) is 0 Å². The van der Waals surface area contributed by atoms with Gasteiger partial charge in [-0.25, -0.2) is 4.98 Å². The monoisotopic (exact) mass is 317 g/mol. The average molecular weight is 317 g/mol. The van der Waals surface area contributed by atoms with Gasteiger partial charge in [-0.1, -0.05) is 13.0 Å². The first-order valence-electron chi connectivity index (χ1n) is 6.98. The number of ether oxygens (including phenoxy) is 1. The van der Waals surface area contributed by atoms with Crippen LogP contribution in [0.3, 0.4) is 0 Å². The Morgan fingerprint density at radius 2 is 2.27 bits per heavy atom. The van der Waals surface area contributed by atoms with Crippen LogP contribution in [0.5, 0.6) is 5.88 Å². The van der Waals surface area contributed by atoms with E-state index in [-0.39, 0.29) is 24.2 Å². The highest BCUT2D eigenvalue weighted by Crippen LogP contribution is 2.20. The van der Waals surface area contributed by atoms with E-state index in [0.717, 1.165) is 13.1 Å². The standard InChI is InChI=1S/C14H18F3N3O2/c1-9(11-5-18-6-11)12(21)20-7-10-3-2-4-19-13(10)22-8-14(15,16)17/h2-4,9,11,18H,5-8H2,1H3,(H,20,21). The second-order valence-corrected chi connectivity index (χ2v) is 5.30. The highest BCUT2D eigenvalue weighted by Gasteiger charge is 2.30. The van der Waals surface area contributed by atoms with Gasteiger partial charge in [0, 0.05) is 24.2 Å². The van der Waals surface area contributed by atoms with E-state index >= 15 is 0 Å². The third-order valence-electron chi connectivity index (χ3n) is 3.61. The van der Waals surface area contributed by atoms with Crippen LogP contribution in [0.1, 0.15) is 12.5 Å². The molecule has 122 valence electrons. The fourth-order valence-electron chi connectivity index (χ4n) is 2.06. The number of alkyl halides is 3. The predicted molar refractivity (Wildman–Crippen MR) is 73.2 cm³/mol. The molecule has 0 saturated carbocycles. The van der Waals surface area contributed by atoms with Crippen molar-refractivity contribution in [2.75, 3.05) is 19.7 Å². The fourth-order valence-corrected chi connectivity index (χ4v) is 2.06. The summed E-state index contributed by atoms with van der Waals surface area (Å²) in [6, 6.07) is 3.16. The highest BCUT2D eigenvalue weighted by molar-refractivity contribution is 5.78. The lowest BCUT2D eigenvalue weighted by molar-refractivity contribution is -0.154. The number of carbonyl (C=O) groups is 1. The van der Waals surface area contributed by atoms with Crippen LogP contribution in [-0.2, 0) is 11.3 Å². The molecule has 22 heavy (non-hydrogen) atoms. The van der Waals surface area contributed by atoms with Gasteiger partial charge in [0.15, 0.2) is 6.61 Å². The Morgan fingerprint density at radius 1 is 1.55 bits per heavy atom. The maximum atomic E-state index is 12.2. The van der Waals surface area contributed by atoms with Crippen molar-refractivity contribution in [2.24, 2.45) is 11.8 Å². The summed E-state index contributed by atoms with van der Waals surface area (Å²) >= 11 is 0. The Morgan fingerprint density at radius 3 is 2.86 bits per heavy atom. The number of nitrogens with one attached hydrogen (secondary N) is 2. The van der Waals surface area contributed by atoms with E-state index in [1.807, 2.05) is 6.92 Å². The molecule has 0 aromatic carbocycles. The van der Waals surface area contributed by atoms with Crippen LogP contribution in [0.4, 0.5) is 13.2 Å². The lowest BCUT2D eigenvalue weighted by Gasteiger charge is -2.31. The molecule has 8 heteroatoms. The van der Waals surface area contributed by atoms with Crippen LogP contribution in [-0.4, -0.2) is 36.8 Å². The van der Waals surface area contributed by atoms with Gasteiger partial charge in [0.05, 0.1) is 0 Å². The molecular weight excluding hydrogens is 299 g/mol. The number of carbonyl (C=O) groups excluding carboxylic acids is 1. The SMILES string of the molecule is CC(C(=O)NCc1cccnc1OCC(F)(F)F)C1CNC1. The molecule has 1 aliphatic rings. The van der Waals surface area contributed by atoms with Gasteiger partial charge in [0.1, 0.15) is 0 Å². The van der Waals surface area contributed by atoms with Crippen LogP contribution < -0.4 is 15.4 Å². The van der Waals surface area contributed by atoms with Gasteiger partial charge >= 0.3 is 6.18 Å². The lowest BCUT2D eigenvalue weighted by Crippen LogP contribution is -2.49. The number of hydrogen-bond acceptors (Lipinski definition) is 4. The molecular formula is C14H18F3N3O2. The zero-order valence-electron chi connectivity index (χ0n) is 12.1. The molecule has 1 fully saturated rings. The fraction of sp³-hybridized carbons (Fsp3) is 0.571. The molecule has 2 N–H and O–H groups in total. The number of nitrogens with zero attached hydrogens (tertiary/aromatic N) is 1. The summed E-state index contributed by atoms with van der Waals surface area (Å²) in [6.07, 6.45) is -3.08. The average Bonchev–Trinajstić information content (AvgIpc) is 2.40. The van der Waals surface area contributed by atoms with E-state index in [1.165, 1.54) is 6.20 Å². The summed E-state index contributed by atoms with van der Waals surface area (Å²) in [5.74, 6) is -0.0810. The van der Waals surface area contributed by atoms with E-state index in [1.54, 1.807) is 12.1 Å². The van der Waals surface area contributed by atoms with Gasteiger partial charge in [-0.05, 0) is 25.1 Å². The summed E-state index contributed by atoms with van der Waals surface area (Å²) in [4.78, 5) is 15.8. The normalized spacial score (nSPS) is 16.7. The third kappa shape index (κ3) is 4.59. The van der Waals surface area contributed by atoms with Gasteiger partial charge in [0.25, 0.3) is 0 Å². The largest absolute Gasteiger partial charge is 0.468 e. The molecule has 1 aliphatic heterocycles. The third-order valence-corrected chi connectivity index (χ3v) is 3.61. The van der Waals surface area contributed by atoms with Gasteiger partial charge in [-0.3, -0.25) is 4.79 Å². The van der Waals surface area contributed by atoms with Crippen LogP contribution in [0.2, 0.25) is 0 Å². The number of amides is 1. The minimum absolute atomic E-state index is 0.0877. The van der Waals surface area contributed by atoms with Crippen LogP contribution in [0, 0.1) is 11.8 Å². The van der Waals surface area contributed by atoms with Crippen molar-refractivity contribution < 1.29 is 22.7 Å². The smallest absolute Gasteiger partial charge is 0.422 e. The second-order valence-electron chi connectivity index (χ2n) is 5.30. The number of aromatic nitrogens is 1. The predicted octanol–water partition coefficient (Wildman–Crippen LogP) is 1.49. The zero-order chi connectivity index (χ0) is 16.2. The number of rotatable bonds is 6. The molecule has 2 rings (SSSR count). The summed E-state index contributed by atoms with van der Waals surface area (Å²) < 4.78 is 41.3. The summed E-state index contributed by atoms with van der Waals surface area (Å²) in [5.41, 5.74) is 0.416. The van der Waals surface area contributed by atoms with E-state index in [9.17, 15) is 18.0 Å². The molecule has 1 aromatic heterocycles. The minimum atomic E-state index is -4.43. The lowest BCUT2D eigenvalue weighted by atomic mass is 9.88. The van der Waals surface area contributed by atoms with E-state index < -0.39 is 12.8 Å². The van der Waals surface area contributed by atoms with Crippen molar-refractivity contribution >= 4 is 5.91 Å². The Hall–Kier alpha value is -1.83. The molecule has 0 aliphatic carbocycles. The zero-order valence-corrected chi connectivity index (χ0v) is 12.1. The summed E-state index contributed by atoms with van der Waals surface area (Å²) in [6.45, 7) is 2.13. The molecule has 0 bridgehead atoms. The van der Waals surface area contributed by atoms with Crippen LogP contribution >= 0.6 is 0 Å². The molecule has 0 radical (unpaired) electrons. The maximum absolute atomic E-state index is 12.2. The Balaban J connectivity index is 1.90.